The second-order valence-electron chi connectivity index (χ2n) is 5.59. The quantitative estimate of drug-likeness (QED) is 0.859. The molecule has 0 spiro atoms. The number of thiophene rings is 1. The minimum Gasteiger partial charge on any atom is -0.497 e. The third kappa shape index (κ3) is 3.14. The summed E-state index contributed by atoms with van der Waals surface area (Å²) in [6, 6.07) is 6.92. The number of hydrogen-bond donors (Lipinski definition) is 1. The van der Waals surface area contributed by atoms with Crippen molar-refractivity contribution in [1.82, 2.24) is 0 Å². The van der Waals surface area contributed by atoms with Crippen LogP contribution in [0.2, 0.25) is 0 Å². The van der Waals surface area contributed by atoms with Crippen molar-refractivity contribution in [3.8, 4) is 5.75 Å². The SMILES string of the molecule is COC(=O)c1c(NC(=O)c2cccc(OC)c2)sc2c1CCCC2. The van der Waals surface area contributed by atoms with Crippen LogP contribution in [0, 0.1) is 0 Å². The van der Waals surface area contributed by atoms with E-state index < -0.39 is 5.97 Å². The van der Waals surface area contributed by atoms with E-state index in [4.69, 9.17) is 9.47 Å². The van der Waals surface area contributed by atoms with Gasteiger partial charge in [0.05, 0.1) is 19.8 Å². The van der Waals surface area contributed by atoms with Gasteiger partial charge in [-0.2, -0.15) is 0 Å². The van der Waals surface area contributed by atoms with Gasteiger partial charge < -0.3 is 14.8 Å². The first-order valence-corrected chi connectivity index (χ1v) is 8.64. The summed E-state index contributed by atoms with van der Waals surface area (Å²) >= 11 is 1.47. The summed E-state index contributed by atoms with van der Waals surface area (Å²) in [6.07, 6.45) is 3.96. The third-order valence-corrected chi connectivity index (χ3v) is 5.33. The van der Waals surface area contributed by atoms with Crippen LogP contribution in [0.4, 0.5) is 5.00 Å². The Labute approximate surface area is 144 Å². The van der Waals surface area contributed by atoms with Crippen LogP contribution in [0.1, 0.15) is 44.0 Å². The van der Waals surface area contributed by atoms with Gasteiger partial charge in [-0.05, 0) is 49.4 Å². The number of rotatable bonds is 4. The van der Waals surface area contributed by atoms with Gasteiger partial charge in [-0.25, -0.2) is 4.79 Å². The molecule has 5 nitrogen and oxygen atoms in total. The van der Waals surface area contributed by atoms with Crippen molar-refractivity contribution < 1.29 is 19.1 Å². The predicted octanol–water partition coefficient (Wildman–Crippen LogP) is 3.67. The molecule has 0 fully saturated rings. The molecule has 0 saturated heterocycles. The molecule has 0 unspecified atom stereocenters. The molecular weight excluding hydrogens is 326 g/mol. The Morgan fingerprint density at radius 3 is 2.71 bits per heavy atom. The summed E-state index contributed by atoms with van der Waals surface area (Å²) in [5.41, 5.74) is 2.02. The van der Waals surface area contributed by atoms with E-state index in [1.54, 1.807) is 31.4 Å². The van der Waals surface area contributed by atoms with E-state index in [1.165, 1.54) is 23.3 Å². The number of esters is 1. The average Bonchev–Trinajstić information content (AvgIpc) is 2.98. The molecule has 0 bridgehead atoms. The van der Waals surface area contributed by atoms with Gasteiger partial charge in [0.25, 0.3) is 5.91 Å². The molecule has 126 valence electrons. The number of nitrogens with one attached hydrogen (secondary N) is 1. The number of fused-ring (bicyclic) bond motifs is 1. The maximum atomic E-state index is 12.5. The van der Waals surface area contributed by atoms with Crippen molar-refractivity contribution in [3.63, 3.8) is 0 Å². The smallest absolute Gasteiger partial charge is 0.341 e. The van der Waals surface area contributed by atoms with Crippen LogP contribution in [-0.4, -0.2) is 26.1 Å². The fourth-order valence-electron chi connectivity index (χ4n) is 2.91. The fraction of sp³-hybridized carbons (Fsp3) is 0.333. The van der Waals surface area contributed by atoms with Crippen molar-refractivity contribution in [3.05, 3.63) is 45.8 Å². The molecule has 1 aliphatic rings. The van der Waals surface area contributed by atoms with Gasteiger partial charge in [0.2, 0.25) is 0 Å². The normalized spacial score (nSPS) is 13.1. The molecule has 0 aliphatic heterocycles. The van der Waals surface area contributed by atoms with Crippen LogP contribution in [-0.2, 0) is 17.6 Å². The molecule has 0 radical (unpaired) electrons. The molecule has 3 rings (SSSR count). The van der Waals surface area contributed by atoms with Crippen molar-refractivity contribution in [2.75, 3.05) is 19.5 Å². The molecule has 24 heavy (non-hydrogen) atoms. The highest BCUT2D eigenvalue weighted by molar-refractivity contribution is 7.17. The van der Waals surface area contributed by atoms with Gasteiger partial charge in [-0.3, -0.25) is 4.79 Å². The zero-order valence-corrected chi connectivity index (χ0v) is 14.5. The Morgan fingerprint density at radius 1 is 1.17 bits per heavy atom. The first-order chi connectivity index (χ1) is 11.6. The highest BCUT2D eigenvalue weighted by Crippen LogP contribution is 2.38. The highest BCUT2D eigenvalue weighted by Gasteiger charge is 2.27. The summed E-state index contributed by atoms with van der Waals surface area (Å²) in [5, 5.41) is 3.44. The van der Waals surface area contributed by atoms with Crippen LogP contribution in [0.25, 0.3) is 0 Å². The summed E-state index contributed by atoms with van der Waals surface area (Å²) < 4.78 is 10.1. The minimum atomic E-state index is -0.393. The number of aryl methyl sites for hydroxylation is 1. The van der Waals surface area contributed by atoms with Crippen LogP contribution in [0.15, 0.2) is 24.3 Å². The molecule has 0 saturated carbocycles. The van der Waals surface area contributed by atoms with Gasteiger partial charge in [-0.1, -0.05) is 6.07 Å². The number of ether oxygens (including phenoxy) is 2. The Balaban J connectivity index is 1.92. The van der Waals surface area contributed by atoms with E-state index in [-0.39, 0.29) is 5.91 Å². The van der Waals surface area contributed by atoms with E-state index in [2.05, 4.69) is 5.32 Å². The van der Waals surface area contributed by atoms with Gasteiger partial charge in [0.1, 0.15) is 10.8 Å². The largest absolute Gasteiger partial charge is 0.497 e. The molecule has 1 amide bonds. The van der Waals surface area contributed by atoms with E-state index in [9.17, 15) is 9.59 Å². The number of amides is 1. The molecule has 0 atom stereocenters. The van der Waals surface area contributed by atoms with Gasteiger partial charge in [0, 0.05) is 10.4 Å². The first kappa shape index (κ1) is 16.5. The third-order valence-electron chi connectivity index (χ3n) is 4.12. The molecule has 2 aromatic rings. The maximum absolute atomic E-state index is 12.5. The molecule has 6 heteroatoms. The van der Waals surface area contributed by atoms with Crippen molar-refractivity contribution in [2.45, 2.75) is 25.7 Å². The van der Waals surface area contributed by atoms with Crippen LogP contribution in [0.5, 0.6) is 5.75 Å². The monoisotopic (exact) mass is 345 g/mol. The summed E-state index contributed by atoms with van der Waals surface area (Å²) in [5.74, 6) is -0.0469. The average molecular weight is 345 g/mol. The molecule has 1 aromatic carbocycles. The Bertz CT molecular complexity index is 781. The molecular formula is C18H19NO4S. The van der Waals surface area contributed by atoms with Crippen molar-refractivity contribution in [2.24, 2.45) is 0 Å². The Hall–Kier alpha value is -2.34. The second-order valence-corrected chi connectivity index (χ2v) is 6.70. The predicted molar refractivity (Wildman–Crippen MR) is 93.2 cm³/mol. The fourth-order valence-corrected chi connectivity index (χ4v) is 4.18. The first-order valence-electron chi connectivity index (χ1n) is 7.82. The number of carbonyl (C=O) groups is 2. The lowest BCUT2D eigenvalue weighted by Gasteiger charge is -2.11. The van der Waals surface area contributed by atoms with E-state index in [0.717, 1.165) is 31.2 Å². The number of anilines is 1. The number of carbonyl (C=O) groups excluding carboxylic acids is 2. The Kier molecular flexibility index (Phi) is 4.85. The van der Waals surface area contributed by atoms with E-state index in [0.29, 0.717) is 21.9 Å². The number of methoxy groups -OCH3 is 2. The lowest BCUT2D eigenvalue weighted by molar-refractivity contribution is 0.0601. The lowest BCUT2D eigenvalue weighted by Crippen LogP contribution is -2.15. The van der Waals surface area contributed by atoms with Crippen LogP contribution >= 0.6 is 11.3 Å². The van der Waals surface area contributed by atoms with Gasteiger partial charge in [-0.15, -0.1) is 11.3 Å². The van der Waals surface area contributed by atoms with Gasteiger partial charge in [0.15, 0.2) is 0 Å². The van der Waals surface area contributed by atoms with E-state index in [1.807, 2.05) is 0 Å². The zero-order valence-electron chi connectivity index (χ0n) is 13.7. The van der Waals surface area contributed by atoms with Crippen molar-refractivity contribution >= 4 is 28.2 Å². The van der Waals surface area contributed by atoms with Crippen molar-refractivity contribution in [1.29, 1.82) is 0 Å². The topological polar surface area (TPSA) is 64.6 Å². The Morgan fingerprint density at radius 2 is 1.96 bits per heavy atom. The molecule has 1 aromatic heterocycles. The highest BCUT2D eigenvalue weighted by atomic mass is 32.1. The number of benzene rings is 1. The molecule has 1 heterocycles. The van der Waals surface area contributed by atoms with E-state index >= 15 is 0 Å². The molecule has 1 aliphatic carbocycles. The summed E-state index contributed by atoms with van der Waals surface area (Å²) in [4.78, 5) is 25.9. The maximum Gasteiger partial charge on any atom is 0.341 e. The van der Waals surface area contributed by atoms with Crippen LogP contribution < -0.4 is 10.1 Å². The second kappa shape index (κ2) is 7.05. The minimum absolute atomic E-state index is 0.266. The molecule has 1 N–H and O–H groups in total. The number of hydrogen-bond acceptors (Lipinski definition) is 5. The van der Waals surface area contributed by atoms with Crippen LogP contribution in [0.3, 0.4) is 0 Å². The zero-order chi connectivity index (χ0) is 17.1. The van der Waals surface area contributed by atoms with Gasteiger partial charge >= 0.3 is 5.97 Å². The summed E-state index contributed by atoms with van der Waals surface area (Å²) in [7, 11) is 2.92. The lowest BCUT2D eigenvalue weighted by atomic mass is 9.95. The standard InChI is InChI=1S/C18H19NO4S/c1-22-12-7-5-6-11(10-12)16(20)19-17-15(18(21)23-2)13-8-3-4-9-14(13)24-17/h5-7,10H,3-4,8-9H2,1-2H3,(H,19,20). The summed E-state index contributed by atoms with van der Waals surface area (Å²) in [6.45, 7) is 0.